The molecule has 6 heteroatoms. The van der Waals surface area contributed by atoms with Crippen LogP contribution < -0.4 is 14.8 Å². The Balaban J connectivity index is 1.37. The van der Waals surface area contributed by atoms with Crippen molar-refractivity contribution < 1.29 is 14.3 Å². The third-order valence-corrected chi connectivity index (χ3v) is 6.22. The fourth-order valence-electron chi connectivity index (χ4n) is 4.46. The van der Waals surface area contributed by atoms with Gasteiger partial charge < -0.3 is 19.4 Å². The average molecular weight is 466 g/mol. The first kappa shape index (κ1) is 22.5. The maximum absolute atomic E-state index is 12.8. The normalized spacial score (nSPS) is 11.0. The highest BCUT2D eigenvalue weighted by Gasteiger charge is 2.14. The molecule has 6 nitrogen and oxygen atoms in total. The molecule has 0 aliphatic rings. The molecule has 0 spiro atoms. The van der Waals surface area contributed by atoms with Gasteiger partial charge in [0.25, 0.3) is 5.91 Å². The summed E-state index contributed by atoms with van der Waals surface area (Å²) in [5, 5.41) is 5.47. The van der Waals surface area contributed by atoms with E-state index in [0.29, 0.717) is 36.6 Å². The summed E-state index contributed by atoms with van der Waals surface area (Å²) >= 11 is 0. The zero-order chi connectivity index (χ0) is 24.2. The number of para-hydroxylation sites is 2. The fourth-order valence-corrected chi connectivity index (χ4v) is 4.46. The number of benzene rings is 4. The van der Waals surface area contributed by atoms with Crippen LogP contribution in [0.3, 0.4) is 0 Å². The van der Waals surface area contributed by atoms with Crippen LogP contribution in [0.25, 0.3) is 21.8 Å². The van der Waals surface area contributed by atoms with E-state index < -0.39 is 0 Å². The Hall–Kier alpha value is -4.32. The predicted octanol–water partition coefficient (Wildman–Crippen LogP) is 5.23. The largest absolute Gasteiger partial charge is 0.493 e. The standard InChI is InChI=1S/C29H27N3O3/c1-34-26-15-14-21(18-27(26)35-2)29(33)30-17-16-28-31-24-12-5-6-13-25(24)32(28)19-22-10-7-9-20-8-3-4-11-23(20)22/h3-15,18H,16-17,19H2,1-2H3,(H,30,33). The summed E-state index contributed by atoms with van der Waals surface area (Å²) in [5.74, 6) is 1.89. The van der Waals surface area contributed by atoms with E-state index in [1.54, 1.807) is 32.4 Å². The molecule has 1 amide bonds. The minimum Gasteiger partial charge on any atom is -0.493 e. The second kappa shape index (κ2) is 9.89. The van der Waals surface area contributed by atoms with Crippen molar-refractivity contribution in [1.82, 2.24) is 14.9 Å². The van der Waals surface area contributed by atoms with Crippen LogP contribution in [0, 0.1) is 0 Å². The Morgan fingerprint density at radius 1 is 0.886 bits per heavy atom. The Morgan fingerprint density at radius 2 is 1.66 bits per heavy atom. The number of hydrogen-bond acceptors (Lipinski definition) is 4. The number of nitrogens with zero attached hydrogens (tertiary/aromatic N) is 2. The van der Waals surface area contributed by atoms with Gasteiger partial charge in [-0.1, -0.05) is 54.6 Å². The van der Waals surface area contributed by atoms with Crippen LogP contribution in [-0.2, 0) is 13.0 Å². The van der Waals surface area contributed by atoms with Gasteiger partial charge in [-0.2, -0.15) is 0 Å². The zero-order valence-electron chi connectivity index (χ0n) is 19.8. The molecule has 4 aromatic carbocycles. The number of fused-ring (bicyclic) bond motifs is 2. The summed E-state index contributed by atoms with van der Waals surface area (Å²) in [6.07, 6.45) is 0.610. The Labute approximate surface area is 204 Å². The molecule has 0 aliphatic heterocycles. The quantitative estimate of drug-likeness (QED) is 0.341. The fraction of sp³-hybridized carbons (Fsp3) is 0.172. The van der Waals surface area contributed by atoms with Gasteiger partial charge in [0, 0.05) is 25.1 Å². The maximum atomic E-state index is 12.8. The van der Waals surface area contributed by atoms with Crippen molar-refractivity contribution in [2.24, 2.45) is 0 Å². The minimum atomic E-state index is -0.164. The van der Waals surface area contributed by atoms with Crippen molar-refractivity contribution in [2.45, 2.75) is 13.0 Å². The van der Waals surface area contributed by atoms with E-state index in [9.17, 15) is 4.79 Å². The first-order chi connectivity index (χ1) is 17.2. The van der Waals surface area contributed by atoms with Crippen LogP contribution in [0.15, 0.2) is 84.9 Å². The van der Waals surface area contributed by atoms with Gasteiger partial charge in [0.15, 0.2) is 11.5 Å². The molecule has 0 atom stereocenters. The van der Waals surface area contributed by atoms with Gasteiger partial charge in [0.1, 0.15) is 5.82 Å². The smallest absolute Gasteiger partial charge is 0.251 e. The second-order valence-corrected chi connectivity index (χ2v) is 8.32. The van der Waals surface area contributed by atoms with Gasteiger partial charge >= 0.3 is 0 Å². The lowest BCUT2D eigenvalue weighted by Gasteiger charge is -2.13. The molecule has 0 aliphatic carbocycles. The van der Waals surface area contributed by atoms with E-state index in [0.717, 1.165) is 16.9 Å². The summed E-state index contributed by atoms with van der Waals surface area (Å²) in [6, 6.07) is 28.1. The Morgan fingerprint density at radius 3 is 2.51 bits per heavy atom. The molecular weight excluding hydrogens is 438 g/mol. The van der Waals surface area contributed by atoms with Crippen molar-refractivity contribution >= 4 is 27.7 Å². The van der Waals surface area contributed by atoms with E-state index in [-0.39, 0.29) is 5.91 Å². The van der Waals surface area contributed by atoms with Crippen molar-refractivity contribution in [3.63, 3.8) is 0 Å². The third kappa shape index (κ3) is 4.55. The van der Waals surface area contributed by atoms with E-state index in [4.69, 9.17) is 14.5 Å². The molecule has 0 saturated carbocycles. The number of carbonyl (C=O) groups excluding carboxylic acids is 1. The van der Waals surface area contributed by atoms with Crippen LogP contribution in [0.1, 0.15) is 21.7 Å². The number of aromatic nitrogens is 2. The third-order valence-electron chi connectivity index (χ3n) is 6.22. The first-order valence-electron chi connectivity index (χ1n) is 11.6. The van der Waals surface area contributed by atoms with Crippen molar-refractivity contribution in [2.75, 3.05) is 20.8 Å². The topological polar surface area (TPSA) is 65.4 Å². The average Bonchev–Trinajstić information content (AvgIpc) is 3.25. The molecular formula is C29H27N3O3. The first-order valence-corrected chi connectivity index (χ1v) is 11.6. The van der Waals surface area contributed by atoms with E-state index in [1.165, 1.54) is 16.3 Å². The summed E-state index contributed by atoms with van der Waals surface area (Å²) in [6.45, 7) is 1.17. The summed E-state index contributed by atoms with van der Waals surface area (Å²) in [7, 11) is 3.13. The van der Waals surface area contributed by atoms with E-state index in [1.807, 2.05) is 18.2 Å². The van der Waals surface area contributed by atoms with Crippen LogP contribution >= 0.6 is 0 Å². The number of imidazole rings is 1. The van der Waals surface area contributed by atoms with Gasteiger partial charge in [-0.05, 0) is 46.7 Å². The number of ether oxygens (including phenoxy) is 2. The van der Waals surface area contributed by atoms with Crippen molar-refractivity contribution in [3.05, 3.63) is 102 Å². The highest BCUT2D eigenvalue weighted by Crippen LogP contribution is 2.27. The molecule has 5 rings (SSSR count). The van der Waals surface area contributed by atoms with Crippen LogP contribution in [0.5, 0.6) is 11.5 Å². The lowest BCUT2D eigenvalue weighted by Crippen LogP contribution is -2.26. The summed E-state index contributed by atoms with van der Waals surface area (Å²) in [4.78, 5) is 17.6. The van der Waals surface area contributed by atoms with E-state index >= 15 is 0 Å². The molecule has 35 heavy (non-hydrogen) atoms. The maximum Gasteiger partial charge on any atom is 0.251 e. The van der Waals surface area contributed by atoms with Crippen LogP contribution in [-0.4, -0.2) is 36.2 Å². The molecule has 1 heterocycles. The summed E-state index contributed by atoms with van der Waals surface area (Å²) in [5.41, 5.74) is 3.80. The SMILES string of the molecule is COc1ccc(C(=O)NCCc2nc3ccccc3n2Cc2cccc3ccccc23)cc1OC. The molecule has 0 fully saturated rings. The predicted molar refractivity (Wildman–Crippen MR) is 138 cm³/mol. The highest BCUT2D eigenvalue weighted by atomic mass is 16.5. The Bertz CT molecular complexity index is 1500. The molecule has 5 aromatic rings. The lowest BCUT2D eigenvalue weighted by atomic mass is 10.0. The monoisotopic (exact) mass is 465 g/mol. The number of methoxy groups -OCH3 is 2. The second-order valence-electron chi connectivity index (χ2n) is 8.32. The van der Waals surface area contributed by atoms with Gasteiger partial charge in [0.05, 0.1) is 25.3 Å². The van der Waals surface area contributed by atoms with Gasteiger partial charge in [0.2, 0.25) is 0 Å². The van der Waals surface area contributed by atoms with Crippen LogP contribution in [0.4, 0.5) is 0 Å². The van der Waals surface area contributed by atoms with Gasteiger partial charge in [-0.25, -0.2) is 4.98 Å². The molecule has 0 unspecified atom stereocenters. The highest BCUT2D eigenvalue weighted by molar-refractivity contribution is 5.95. The van der Waals surface area contributed by atoms with Crippen molar-refractivity contribution in [1.29, 1.82) is 0 Å². The van der Waals surface area contributed by atoms with E-state index in [2.05, 4.69) is 58.4 Å². The molecule has 0 bridgehead atoms. The van der Waals surface area contributed by atoms with Gasteiger partial charge in [-0.15, -0.1) is 0 Å². The van der Waals surface area contributed by atoms with Gasteiger partial charge in [-0.3, -0.25) is 4.79 Å². The Kier molecular flexibility index (Phi) is 6.35. The minimum absolute atomic E-state index is 0.164. The number of rotatable bonds is 8. The number of amides is 1. The van der Waals surface area contributed by atoms with Crippen molar-refractivity contribution in [3.8, 4) is 11.5 Å². The molecule has 0 radical (unpaired) electrons. The zero-order valence-corrected chi connectivity index (χ0v) is 19.8. The molecule has 176 valence electrons. The summed E-state index contributed by atoms with van der Waals surface area (Å²) < 4.78 is 12.8. The lowest BCUT2D eigenvalue weighted by molar-refractivity contribution is 0.0953. The number of hydrogen-bond donors (Lipinski definition) is 1. The number of carbonyl (C=O) groups is 1. The van der Waals surface area contributed by atoms with Crippen LogP contribution in [0.2, 0.25) is 0 Å². The molecule has 1 aromatic heterocycles. The number of nitrogens with one attached hydrogen (secondary N) is 1. The molecule has 0 saturated heterocycles. The molecule has 1 N–H and O–H groups in total.